The van der Waals surface area contributed by atoms with E-state index in [1.165, 1.54) is 11.6 Å². The van der Waals surface area contributed by atoms with E-state index in [-0.39, 0.29) is 30.8 Å². The van der Waals surface area contributed by atoms with Crippen LogP contribution in [-0.4, -0.2) is 83.2 Å². The standard InChI is InChI=1S/C33H35ClF6N4O3S/c34-25-3-2-23-19-44(11-5-22(23)16-25)30(45)31(47-26-17-29(48-21-26)33(38,39)40)7-1-9-43(28(31)6-10-42-12-14-46-15-13-42)20-24-18-41-8-4-27(24)32(35,36)37/h2-4,8,16-18,21,28H,1,5-7,9-15,19-20H2/t28-,31+/m1/s1. The summed E-state index contributed by atoms with van der Waals surface area (Å²) in [5, 5.41) is 1.82. The summed E-state index contributed by atoms with van der Waals surface area (Å²) in [4.78, 5) is 23.7. The summed E-state index contributed by atoms with van der Waals surface area (Å²) in [7, 11) is 0. The molecule has 0 unspecified atom stereocenters. The highest BCUT2D eigenvalue weighted by Gasteiger charge is 2.55. The lowest BCUT2D eigenvalue weighted by atomic mass is 9.79. The fraction of sp³-hybridized carbons (Fsp3) is 0.515. The van der Waals surface area contributed by atoms with E-state index in [1.807, 2.05) is 17.0 Å². The Bertz CT molecular complexity index is 1600. The van der Waals surface area contributed by atoms with Crippen molar-refractivity contribution < 1.29 is 40.6 Å². The first-order valence-corrected chi connectivity index (χ1v) is 17.0. The van der Waals surface area contributed by atoms with Crippen molar-refractivity contribution >= 4 is 28.8 Å². The maximum atomic E-state index is 14.9. The van der Waals surface area contributed by atoms with E-state index in [4.69, 9.17) is 21.1 Å². The maximum absolute atomic E-state index is 14.9. The number of ether oxygens (including phenoxy) is 2. The van der Waals surface area contributed by atoms with Crippen LogP contribution in [0, 0.1) is 0 Å². The second-order valence-electron chi connectivity index (χ2n) is 12.4. The van der Waals surface area contributed by atoms with Crippen molar-refractivity contribution in [1.29, 1.82) is 0 Å². The molecular formula is C33H35ClF6N4O3S. The number of amides is 1. The summed E-state index contributed by atoms with van der Waals surface area (Å²) in [6.07, 6.45) is -5.58. The molecular weight excluding hydrogens is 682 g/mol. The molecule has 260 valence electrons. The van der Waals surface area contributed by atoms with Gasteiger partial charge in [-0.15, -0.1) is 11.3 Å². The number of benzene rings is 1. The van der Waals surface area contributed by atoms with E-state index < -0.39 is 40.3 Å². The van der Waals surface area contributed by atoms with Crippen LogP contribution in [0.2, 0.25) is 5.02 Å². The smallest absolute Gasteiger partial charge is 0.425 e. The number of alkyl halides is 6. The number of hydrogen-bond donors (Lipinski definition) is 0. The zero-order valence-electron chi connectivity index (χ0n) is 26.0. The molecule has 48 heavy (non-hydrogen) atoms. The molecule has 1 amide bonds. The van der Waals surface area contributed by atoms with Crippen LogP contribution in [0.1, 0.15) is 46.4 Å². The number of piperidine rings is 1. The van der Waals surface area contributed by atoms with Crippen LogP contribution in [-0.2, 0) is 41.4 Å². The van der Waals surface area contributed by atoms with E-state index in [2.05, 4.69) is 9.88 Å². The summed E-state index contributed by atoms with van der Waals surface area (Å²) < 4.78 is 95.4. The first-order valence-electron chi connectivity index (χ1n) is 15.8. The molecule has 6 rings (SSSR count). The van der Waals surface area contributed by atoms with Gasteiger partial charge in [-0.3, -0.25) is 19.6 Å². The Labute approximate surface area is 283 Å². The fourth-order valence-corrected chi connectivity index (χ4v) is 7.92. The lowest BCUT2D eigenvalue weighted by Gasteiger charge is -2.51. The van der Waals surface area contributed by atoms with Crippen molar-refractivity contribution in [3.05, 3.63) is 80.3 Å². The van der Waals surface area contributed by atoms with Crippen LogP contribution in [0.5, 0.6) is 5.75 Å². The monoisotopic (exact) mass is 716 g/mol. The van der Waals surface area contributed by atoms with Crippen molar-refractivity contribution in [1.82, 2.24) is 19.7 Å². The molecule has 0 spiro atoms. The Morgan fingerprint density at radius 3 is 2.56 bits per heavy atom. The van der Waals surface area contributed by atoms with Gasteiger partial charge in [0.1, 0.15) is 10.6 Å². The molecule has 3 aliphatic heterocycles. The lowest BCUT2D eigenvalue weighted by Crippen LogP contribution is -2.67. The first-order chi connectivity index (χ1) is 22.8. The predicted molar refractivity (Wildman–Crippen MR) is 168 cm³/mol. The van der Waals surface area contributed by atoms with Gasteiger partial charge in [0, 0.05) is 61.6 Å². The molecule has 2 atom stereocenters. The Morgan fingerprint density at radius 2 is 1.83 bits per heavy atom. The van der Waals surface area contributed by atoms with Crippen molar-refractivity contribution in [3.63, 3.8) is 0 Å². The normalized spacial score (nSPS) is 22.8. The second-order valence-corrected chi connectivity index (χ2v) is 13.7. The summed E-state index contributed by atoms with van der Waals surface area (Å²) >= 11 is 6.68. The predicted octanol–water partition coefficient (Wildman–Crippen LogP) is 6.92. The van der Waals surface area contributed by atoms with Crippen LogP contribution in [0.15, 0.2) is 48.1 Å². The highest BCUT2D eigenvalue weighted by Crippen LogP contribution is 2.43. The fourth-order valence-electron chi connectivity index (χ4n) is 7.05. The second kappa shape index (κ2) is 14.1. The number of fused-ring (bicyclic) bond motifs is 1. The van der Waals surface area contributed by atoms with E-state index in [9.17, 15) is 31.1 Å². The summed E-state index contributed by atoms with van der Waals surface area (Å²) in [6.45, 7) is 3.56. The van der Waals surface area contributed by atoms with Gasteiger partial charge in [-0.25, -0.2) is 0 Å². The largest absolute Gasteiger partial charge is 0.475 e. The van der Waals surface area contributed by atoms with Gasteiger partial charge < -0.3 is 14.4 Å². The summed E-state index contributed by atoms with van der Waals surface area (Å²) in [5.41, 5.74) is -0.666. The molecule has 0 radical (unpaired) electrons. The van der Waals surface area contributed by atoms with Gasteiger partial charge in [-0.05, 0) is 73.7 Å². The number of likely N-dealkylation sites (tertiary alicyclic amines) is 1. The molecule has 3 aliphatic rings. The van der Waals surface area contributed by atoms with E-state index in [0.717, 1.165) is 29.5 Å². The molecule has 15 heteroatoms. The number of pyridine rings is 1. The average Bonchev–Trinajstić information content (AvgIpc) is 3.53. The SMILES string of the molecule is O=C(N1CCc2cc(Cl)ccc2C1)[C@]1(Oc2csc(C(F)(F)F)c2)CCCN(Cc2cnccc2C(F)(F)F)[C@@H]1CCN1CCOCC1. The molecule has 3 aromatic rings. The zero-order valence-corrected chi connectivity index (χ0v) is 27.5. The van der Waals surface area contributed by atoms with E-state index >= 15 is 0 Å². The molecule has 7 nitrogen and oxygen atoms in total. The number of carbonyl (C=O) groups excluding carboxylic acids is 1. The van der Waals surface area contributed by atoms with Crippen molar-refractivity contribution in [2.24, 2.45) is 0 Å². The van der Waals surface area contributed by atoms with Crippen LogP contribution in [0.4, 0.5) is 26.3 Å². The van der Waals surface area contributed by atoms with Gasteiger partial charge in [0.05, 0.1) is 24.8 Å². The lowest BCUT2D eigenvalue weighted by molar-refractivity contribution is -0.163. The number of hydrogen-bond acceptors (Lipinski definition) is 7. The van der Waals surface area contributed by atoms with Gasteiger partial charge in [-0.2, -0.15) is 26.3 Å². The number of thiophene rings is 1. The molecule has 5 heterocycles. The third-order valence-electron chi connectivity index (χ3n) is 9.36. The van der Waals surface area contributed by atoms with Crippen LogP contribution in [0.25, 0.3) is 0 Å². The molecule has 2 aromatic heterocycles. The highest BCUT2D eigenvalue weighted by atomic mass is 35.5. The molecule has 0 bridgehead atoms. The molecule has 2 saturated heterocycles. The average molecular weight is 717 g/mol. The van der Waals surface area contributed by atoms with Crippen LogP contribution in [0.3, 0.4) is 0 Å². The van der Waals surface area contributed by atoms with Crippen LogP contribution < -0.4 is 4.74 Å². The minimum absolute atomic E-state index is 0.0525. The third kappa shape index (κ3) is 7.62. The maximum Gasteiger partial charge on any atom is 0.425 e. The number of carbonyl (C=O) groups is 1. The zero-order chi connectivity index (χ0) is 34.1. The minimum Gasteiger partial charge on any atom is -0.475 e. The van der Waals surface area contributed by atoms with Gasteiger partial charge in [-0.1, -0.05) is 17.7 Å². The van der Waals surface area contributed by atoms with Crippen molar-refractivity contribution in [2.45, 2.75) is 62.8 Å². The Hall–Kier alpha value is -2.91. The van der Waals surface area contributed by atoms with Crippen molar-refractivity contribution in [2.75, 3.05) is 45.9 Å². The summed E-state index contributed by atoms with van der Waals surface area (Å²) in [6, 6.07) is 6.50. The topological polar surface area (TPSA) is 58.1 Å². The number of halogens is 7. The minimum atomic E-state index is -4.63. The Kier molecular flexibility index (Phi) is 10.3. The number of nitrogens with zero attached hydrogens (tertiary/aromatic N) is 4. The molecule has 0 N–H and O–H groups in total. The van der Waals surface area contributed by atoms with Gasteiger partial charge in [0.2, 0.25) is 5.60 Å². The number of morpholine rings is 1. The van der Waals surface area contributed by atoms with Crippen LogP contribution >= 0.6 is 22.9 Å². The highest BCUT2D eigenvalue weighted by molar-refractivity contribution is 7.10. The number of rotatable bonds is 8. The van der Waals surface area contributed by atoms with Crippen molar-refractivity contribution in [3.8, 4) is 5.75 Å². The molecule has 2 fully saturated rings. The van der Waals surface area contributed by atoms with E-state index in [1.54, 1.807) is 11.0 Å². The van der Waals surface area contributed by atoms with Gasteiger partial charge in [0.15, 0.2) is 0 Å². The van der Waals surface area contributed by atoms with Gasteiger partial charge in [0.25, 0.3) is 5.91 Å². The first kappa shape index (κ1) is 34.9. The van der Waals surface area contributed by atoms with E-state index in [0.29, 0.717) is 81.6 Å². The third-order valence-corrected chi connectivity index (χ3v) is 10.6. The number of aromatic nitrogens is 1. The Balaban J connectivity index is 1.41. The summed E-state index contributed by atoms with van der Waals surface area (Å²) in [5.74, 6) is -0.498. The molecule has 0 saturated carbocycles. The quantitative estimate of drug-likeness (QED) is 0.236. The molecule has 1 aromatic carbocycles. The van der Waals surface area contributed by atoms with Gasteiger partial charge >= 0.3 is 12.4 Å². The molecule has 0 aliphatic carbocycles. The Morgan fingerprint density at radius 1 is 1.04 bits per heavy atom.